The number of aliphatic hydroxyl groups is 2. The Bertz CT molecular complexity index is 577. The molecule has 0 heterocycles. The van der Waals surface area contributed by atoms with Crippen LogP contribution >= 0.6 is 0 Å². The Hall–Kier alpha value is -1.71. The van der Waals surface area contributed by atoms with Gasteiger partial charge in [0.2, 0.25) is 0 Å². The van der Waals surface area contributed by atoms with E-state index in [0.29, 0.717) is 12.8 Å². The lowest BCUT2D eigenvalue weighted by molar-refractivity contribution is 0.0546. The topological polar surface area (TPSA) is 40.5 Å². The van der Waals surface area contributed by atoms with Crippen LogP contribution in [0.25, 0.3) is 0 Å². The van der Waals surface area contributed by atoms with Gasteiger partial charge in [0.15, 0.2) is 0 Å². The molecule has 112 valence electrons. The number of benzene rings is 2. The number of halogens is 1. The highest BCUT2D eigenvalue weighted by atomic mass is 19.1. The van der Waals surface area contributed by atoms with E-state index in [1.165, 1.54) is 12.1 Å². The number of hydrogen-bond acceptors (Lipinski definition) is 2. The molecule has 0 aliphatic rings. The van der Waals surface area contributed by atoms with E-state index in [4.69, 9.17) is 0 Å². The molecule has 0 radical (unpaired) electrons. The van der Waals surface area contributed by atoms with Crippen LogP contribution < -0.4 is 0 Å². The first-order valence-electron chi connectivity index (χ1n) is 7.09. The standard InChI is InChI=1S/C18H21FO2/c1-14-7-8-17(19)9-16(14)11-18(12-20,13-21)10-15-5-3-2-4-6-15/h2-9,20-21H,10-13H2,1H3. The van der Waals surface area contributed by atoms with Crippen molar-refractivity contribution in [2.75, 3.05) is 13.2 Å². The summed E-state index contributed by atoms with van der Waals surface area (Å²) in [5.74, 6) is -0.292. The molecule has 3 heteroatoms. The van der Waals surface area contributed by atoms with Crippen LogP contribution in [-0.4, -0.2) is 23.4 Å². The molecule has 2 aromatic carbocycles. The Labute approximate surface area is 124 Å². The molecule has 0 saturated heterocycles. The molecule has 0 atom stereocenters. The largest absolute Gasteiger partial charge is 0.396 e. The van der Waals surface area contributed by atoms with Crippen LogP contribution in [0.3, 0.4) is 0 Å². The van der Waals surface area contributed by atoms with E-state index in [9.17, 15) is 14.6 Å². The molecule has 21 heavy (non-hydrogen) atoms. The molecule has 0 unspecified atom stereocenters. The molecular formula is C18H21FO2. The Morgan fingerprint density at radius 2 is 1.62 bits per heavy atom. The van der Waals surface area contributed by atoms with Gasteiger partial charge in [0.1, 0.15) is 5.82 Å². The van der Waals surface area contributed by atoms with Gasteiger partial charge < -0.3 is 10.2 Å². The fourth-order valence-corrected chi connectivity index (χ4v) is 2.60. The van der Waals surface area contributed by atoms with Crippen molar-refractivity contribution in [2.24, 2.45) is 5.41 Å². The Kier molecular flexibility index (Phi) is 5.10. The molecule has 2 nitrogen and oxygen atoms in total. The summed E-state index contributed by atoms with van der Waals surface area (Å²) in [5, 5.41) is 19.6. The Morgan fingerprint density at radius 3 is 2.24 bits per heavy atom. The highest BCUT2D eigenvalue weighted by Gasteiger charge is 2.30. The summed E-state index contributed by atoms with van der Waals surface area (Å²) in [7, 11) is 0. The van der Waals surface area contributed by atoms with Crippen molar-refractivity contribution in [2.45, 2.75) is 19.8 Å². The molecule has 0 aliphatic heterocycles. The molecule has 0 bridgehead atoms. The summed E-state index contributed by atoms with van der Waals surface area (Å²) < 4.78 is 13.4. The second-order valence-corrected chi connectivity index (χ2v) is 5.73. The van der Waals surface area contributed by atoms with Crippen molar-refractivity contribution >= 4 is 0 Å². The molecular weight excluding hydrogens is 267 g/mol. The van der Waals surface area contributed by atoms with Gasteiger partial charge in [-0.1, -0.05) is 36.4 Å². The first kappa shape index (κ1) is 15.7. The summed E-state index contributed by atoms with van der Waals surface area (Å²) in [6, 6.07) is 14.4. The molecule has 0 spiro atoms. The minimum Gasteiger partial charge on any atom is -0.396 e. The maximum absolute atomic E-state index is 13.4. The maximum Gasteiger partial charge on any atom is 0.123 e. The quantitative estimate of drug-likeness (QED) is 0.858. The fraction of sp³-hybridized carbons (Fsp3) is 0.333. The van der Waals surface area contributed by atoms with Gasteiger partial charge >= 0.3 is 0 Å². The van der Waals surface area contributed by atoms with E-state index < -0.39 is 5.41 Å². The highest BCUT2D eigenvalue weighted by Crippen LogP contribution is 2.29. The fourth-order valence-electron chi connectivity index (χ4n) is 2.60. The third-order valence-electron chi connectivity index (χ3n) is 3.97. The average Bonchev–Trinajstić information content (AvgIpc) is 2.51. The normalized spacial score (nSPS) is 11.6. The molecule has 0 aliphatic carbocycles. The highest BCUT2D eigenvalue weighted by molar-refractivity contribution is 5.28. The average molecular weight is 288 g/mol. The van der Waals surface area contributed by atoms with Crippen LogP contribution in [0, 0.1) is 18.2 Å². The molecule has 2 rings (SSSR count). The van der Waals surface area contributed by atoms with Crippen LogP contribution in [0.1, 0.15) is 16.7 Å². The van der Waals surface area contributed by atoms with Crippen LogP contribution in [0.5, 0.6) is 0 Å². The molecule has 0 aromatic heterocycles. The molecule has 0 amide bonds. The van der Waals surface area contributed by atoms with Gasteiger partial charge in [-0.2, -0.15) is 0 Å². The van der Waals surface area contributed by atoms with Crippen LogP contribution in [0.2, 0.25) is 0 Å². The predicted octanol–water partition coefficient (Wildman–Crippen LogP) is 2.89. The number of rotatable bonds is 6. The number of aliphatic hydroxyl groups excluding tert-OH is 2. The molecule has 2 N–H and O–H groups in total. The number of aryl methyl sites for hydroxylation is 1. The monoisotopic (exact) mass is 288 g/mol. The van der Waals surface area contributed by atoms with Crippen molar-refractivity contribution in [3.8, 4) is 0 Å². The lowest BCUT2D eigenvalue weighted by Gasteiger charge is -2.30. The molecule has 0 fully saturated rings. The lowest BCUT2D eigenvalue weighted by Crippen LogP contribution is -2.35. The predicted molar refractivity (Wildman–Crippen MR) is 81.6 cm³/mol. The SMILES string of the molecule is Cc1ccc(F)cc1CC(CO)(CO)Cc1ccccc1. The van der Waals surface area contributed by atoms with E-state index >= 15 is 0 Å². The summed E-state index contributed by atoms with van der Waals surface area (Å²) >= 11 is 0. The zero-order valence-corrected chi connectivity index (χ0v) is 12.2. The Balaban J connectivity index is 2.27. The van der Waals surface area contributed by atoms with E-state index in [2.05, 4.69) is 0 Å². The van der Waals surface area contributed by atoms with Gasteiger partial charge in [0.05, 0.1) is 13.2 Å². The van der Waals surface area contributed by atoms with E-state index in [0.717, 1.165) is 16.7 Å². The van der Waals surface area contributed by atoms with E-state index in [1.807, 2.05) is 37.3 Å². The van der Waals surface area contributed by atoms with Crippen LogP contribution in [-0.2, 0) is 12.8 Å². The first-order valence-corrected chi connectivity index (χ1v) is 7.09. The maximum atomic E-state index is 13.4. The zero-order chi connectivity index (χ0) is 15.3. The Morgan fingerprint density at radius 1 is 0.952 bits per heavy atom. The summed E-state index contributed by atoms with van der Waals surface area (Å²) in [4.78, 5) is 0. The third-order valence-corrected chi connectivity index (χ3v) is 3.97. The minimum absolute atomic E-state index is 0.144. The van der Waals surface area contributed by atoms with Crippen molar-refractivity contribution in [1.82, 2.24) is 0 Å². The number of hydrogen-bond donors (Lipinski definition) is 2. The second kappa shape index (κ2) is 6.83. The lowest BCUT2D eigenvalue weighted by atomic mass is 9.77. The summed E-state index contributed by atoms with van der Waals surface area (Å²) in [6.45, 7) is 1.62. The van der Waals surface area contributed by atoms with Crippen LogP contribution in [0.15, 0.2) is 48.5 Å². The smallest absolute Gasteiger partial charge is 0.123 e. The van der Waals surface area contributed by atoms with Gasteiger partial charge in [0, 0.05) is 5.41 Å². The van der Waals surface area contributed by atoms with Gasteiger partial charge in [-0.15, -0.1) is 0 Å². The summed E-state index contributed by atoms with van der Waals surface area (Å²) in [6.07, 6.45) is 0.995. The van der Waals surface area contributed by atoms with Gasteiger partial charge in [-0.3, -0.25) is 0 Å². The van der Waals surface area contributed by atoms with Gasteiger partial charge in [0.25, 0.3) is 0 Å². The van der Waals surface area contributed by atoms with E-state index in [-0.39, 0.29) is 19.0 Å². The summed E-state index contributed by atoms with van der Waals surface area (Å²) in [5.41, 5.74) is 2.17. The van der Waals surface area contributed by atoms with Crippen molar-refractivity contribution in [3.05, 3.63) is 71.0 Å². The van der Waals surface area contributed by atoms with Gasteiger partial charge in [-0.25, -0.2) is 4.39 Å². The second-order valence-electron chi connectivity index (χ2n) is 5.73. The molecule has 2 aromatic rings. The van der Waals surface area contributed by atoms with Crippen molar-refractivity contribution in [1.29, 1.82) is 0 Å². The van der Waals surface area contributed by atoms with Crippen molar-refractivity contribution < 1.29 is 14.6 Å². The van der Waals surface area contributed by atoms with Crippen LogP contribution in [0.4, 0.5) is 4.39 Å². The van der Waals surface area contributed by atoms with Crippen molar-refractivity contribution in [3.63, 3.8) is 0 Å². The molecule has 0 saturated carbocycles. The van der Waals surface area contributed by atoms with Gasteiger partial charge in [-0.05, 0) is 48.6 Å². The third kappa shape index (κ3) is 3.90. The van der Waals surface area contributed by atoms with E-state index in [1.54, 1.807) is 6.07 Å². The zero-order valence-electron chi connectivity index (χ0n) is 12.2. The minimum atomic E-state index is -0.681. The first-order chi connectivity index (χ1) is 10.1.